The number of anilines is 1. The Kier molecular flexibility index (Phi) is 3.27. The summed E-state index contributed by atoms with van der Waals surface area (Å²) in [6.07, 6.45) is 0. The van der Waals surface area contributed by atoms with E-state index in [1.165, 1.54) is 0 Å². The van der Waals surface area contributed by atoms with Crippen LogP contribution in [0.3, 0.4) is 0 Å². The minimum atomic E-state index is -0.518. The van der Waals surface area contributed by atoms with Gasteiger partial charge in [0.05, 0.1) is 6.61 Å². The first-order valence-electron chi connectivity index (χ1n) is 5.40. The van der Waals surface area contributed by atoms with Crippen molar-refractivity contribution in [3.8, 4) is 5.75 Å². The molecule has 90 valence electrons. The molecule has 1 fully saturated rings. The van der Waals surface area contributed by atoms with Gasteiger partial charge < -0.3 is 14.4 Å². The van der Waals surface area contributed by atoms with Crippen LogP contribution < -0.4 is 9.64 Å². The first-order valence-corrected chi connectivity index (χ1v) is 5.40. The predicted octanol–water partition coefficient (Wildman–Crippen LogP) is 0.975. The Morgan fingerprint density at radius 3 is 2.29 bits per heavy atom. The van der Waals surface area contributed by atoms with Gasteiger partial charge in [-0.25, -0.2) is 9.59 Å². The van der Waals surface area contributed by atoms with Gasteiger partial charge in [-0.2, -0.15) is 0 Å². The summed E-state index contributed by atoms with van der Waals surface area (Å²) in [5.74, 6) is -0.271. The molecule has 1 aliphatic heterocycles. The predicted molar refractivity (Wildman–Crippen MR) is 60.9 cm³/mol. The van der Waals surface area contributed by atoms with Crippen LogP contribution in [0.25, 0.3) is 0 Å². The second-order valence-electron chi connectivity index (χ2n) is 3.63. The number of carbonyl (C=O) groups is 2. The highest BCUT2D eigenvalue weighted by Gasteiger charge is 2.24. The van der Waals surface area contributed by atoms with Crippen LogP contribution in [0.4, 0.5) is 5.69 Å². The highest BCUT2D eigenvalue weighted by Crippen LogP contribution is 2.20. The molecule has 0 aromatic heterocycles. The maximum Gasteiger partial charge on any atom is 0.333 e. The van der Waals surface area contributed by atoms with Crippen molar-refractivity contribution in [3.05, 3.63) is 24.3 Å². The Hall–Kier alpha value is -2.04. The first kappa shape index (κ1) is 11.4. The van der Waals surface area contributed by atoms with Crippen molar-refractivity contribution in [3.63, 3.8) is 0 Å². The van der Waals surface area contributed by atoms with E-state index in [1.54, 1.807) is 4.90 Å². The Morgan fingerprint density at radius 1 is 1.18 bits per heavy atom. The average molecular weight is 235 g/mol. The van der Waals surface area contributed by atoms with Crippen molar-refractivity contribution in [2.45, 2.75) is 6.92 Å². The van der Waals surface area contributed by atoms with Crippen molar-refractivity contribution >= 4 is 17.6 Å². The zero-order valence-corrected chi connectivity index (χ0v) is 9.51. The van der Waals surface area contributed by atoms with Gasteiger partial charge in [-0.15, -0.1) is 0 Å². The first-order chi connectivity index (χ1) is 8.19. The molecule has 0 bridgehead atoms. The minimum absolute atomic E-state index is 0.0969. The molecule has 0 atom stereocenters. The van der Waals surface area contributed by atoms with E-state index in [0.29, 0.717) is 6.61 Å². The number of hydrogen-bond acceptors (Lipinski definition) is 5. The van der Waals surface area contributed by atoms with Gasteiger partial charge in [-0.1, -0.05) is 0 Å². The van der Waals surface area contributed by atoms with E-state index in [1.807, 2.05) is 31.2 Å². The van der Waals surface area contributed by atoms with Crippen LogP contribution in [0.2, 0.25) is 0 Å². The Morgan fingerprint density at radius 2 is 1.76 bits per heavy atom. The number of rotatable bonds is 3. The minimum Gasteiger partial charge on any atom is -0.494 e. The molecule has 0 amide bonds. The Bertz CT molecular complexity index is 411. The molecule has 0 N–H and O–H groups in total. The van der Waals surface area contributed by atoms with Crippen LogP contribution in [-0.2, 0) is 14.3 Å². The normalized spacial score (nSPS) is 15.7. The lowest BCUT2D eigenvalue weighted by atomic mass is 10.2. The maximum atomic E-state index is 11.1. The van der Waals surface area contributed by atoms with Gasteiger partial charge in [0, 0.05) is 5.69 Å². The summed E-state index contributed by atoms with van der Waals surface area (Å²) in [4.78, 5) is 23.9. The lowest BCUT2D eigenvalue weighted by molar-refractivity contribution is -0.160. The van der Waals surface area contributed by atoms with Crippen LogP contribution in [0.15, 0.2) is 24.3 Å². The van der Waals surface area contributed by atoms with Crippen molar-refractivity contribution < 1.29 is 19.1 Å². The monoisotopic (exact) mass is 235 g/mol. The molecule has 1 aromatic rings. The number of cyclic esters (lactones) is 2. The van der Waals surface area contributed by atoms with Crippen LogP contribution >= 0.6 is 0 Å². The topological polar surface area (TPSA) is 55.8 Å². The van der Waals surface area contributed by atoms with Gasteiger partial charge in [0.2, 0.25) is 0 Å². The van der Waals surface area contributed by atoms with Gasteiger partial charge in [0.25, 0.3) is 0 Å². The Balaban J connectivity index is 2.11. The smallest absolute Gasteiger partial charge is 0.333 e. The number of hydrogen-bond donors (Lipinski definition) is 0. The van der Waals surface area contributed by atoms with Crippen LogP contribution in [0.5, 0.6) is 5.75 Å². The maximum absolute atomic E-state index is 11.1. The number of carbonyl (C=O) groups excluding carboxylic acids is 2. The summed E-state index contributed by atoms with van der Waals surface area (Å²) < 4.78 is 9.77. The van der Waals surface area contributed by atoms with Gasteiger partial charge in [-0.3, -0.25) is 0 Å². The summed E-state index contributed by atoms with van der Waals surface area (Å²) in [5, 5.41) is 0. The fraction of sp³-hybridized carbons (Fsp3) is 0.333. The van der Waals surface area contributed by atoms with Crippen LogP contribution in [0, 0.1) is 0 Å². The van der Waals surface area contributed by atoms with Crippen molar-refractivity contribution in [1.29, 1.82) is 0 Å². The quantitative estimate of drug-likeness (QED) is 0.577. The van der Waals surface area contributed by atoms with E-state index in [0.717, 1.165) is 11.4 Å². The molecule has 17 heavy (non-hydrogen) atoms. The lowest BCUT2D eigenvalue weighted by Gasteiger charge is -2.26. The standard InChI is InChI=1S/C12H13NO4/c1-2-16-10-5-3-9(4-6-10)13-7-11(14)17-12(15)8-13/h3-6H,2,7-8H2,1H3. The highest BCUT2D eigenvalue weighted by atomic mass is 16.6. The molecule has 0 saturated carbocycles. The van der Waals surface area contributed by atoms with Gasteiger partial charge in [0.15, 0.2) is 0 Å². The van der Waals surface area contributed by atoms with Crippen LogP contribution in [0.1, 0.15) is 6.92 Å². The fourth-order valence-corrected chi connectivity index (χ4v) is 1.66. The van der Waals surface area contributed by atoms with Crippen molar-refractivity contribution in [1.82, 2.24) is 0 Å². The number of benzene rings is 1. The molecule has 1 aromatic carbocycles. The van der Waals surface area contributed by atoms with Crippen LogP contribution in [-0.4, -0.2) is 31.6 Å². The van der Waals surface area contributed by atoms with E-state index in [4.69, 9.17) is 4.74 Å². The fourth-order valence-electron chi connectivity index (χ4n) is 1.66. The molecule has 2 rings (SSSR count). The summed E-state index contributed by atoms with van der Waals surface area (Å²) >= 11 is 0. The van der Waals surface area contributed by atoms with Crippen molar-refractivity contribution in [2.24, 2.45) is 0 Å². The largest absolute Gasteiger partial charge is 0.494 e. The zero-order valence-electron chi connectivity index (χ0n) is 9.51. The number of esters is 2. The SMILES string of the molecule is CCOc1ccc(N2CC(=O)OC(=O)C2)cc1. The molecular weight excluding hydrogens is 222 g/mol. The highest BCUT2D eigenvalue weighted by molar-refractivity contribution is 5.94. The summed E-state index contributed by atoms with van der Waals surface area (Å²) in [6, 6.07) is 7.25. The summed E-state index contributed by atoms with van der Waals surface area (Å²) in [7, 11) is 0. The second kappa shape index (κ2) is 4.86. The Labute approximate surface area is 98.9 Å². The molecule has 0 radical (unpaired) electrons. The molecule has 0 unspecified atom stereocenters. The molecular formula is C12H13NO4. The molecule has 1 heterocycles. The summed E-state index contributed by atoms with van der Waals surface area (Å²) in [6.45, 7) is 2.71. The lowest BCUT2D eigenvalue weighted by Crippen LogP contribution is -2.42. The van der Waals surface area contributed by atoms with Gasteiger partial charge in [0.1, 0.15) is 18.8 Å². The second-order valence-corrected chi connectivity index (χ2v) is 3.63. The zero-order chi connectivity index (χ0) is 12.3. The van der Waals surface area contributed by atoms with Gasteiger partial charge >= 0.3 is 11.9 Å². The third-order valence-electron chi connectivity index (χ3n) is 2.38. The molecule has 0 spiro atoms. The number of nitrogens with zero attached hydrogens (tertiary/aromatic N) is 1. The molecule has 5 nitrogen and oxygen atoms in total. The summed E-state index contributed by atoms with van der Waals surface area (Å²) in [5.41, 5.74) is 0.804. The van der Waals surface area contributed by atoms with E-state index >= 15 is 0 Å². The molecule has 0 aliphatic carbocycles. The molecule has 5 heteroatoms. The van der Waals surface area contributed by atoms with Gasteiger partial charge in [-0.05, 0) is 31.2 Å². The molecule has 1 saturated heterocycles. The average Bonchev–Trinajstić information content (AvgIpc) is 2.29. The van der Waals surface area contributed by atoms with E-state index in [-0.39, 0.29) is 13.1 Å². The number of ether oxygens (including phenoxy) is 2. The van der Waals surface area contributed by atoms with Crippen molar-refractivity contribution in [2.75, 3.05) is 24.6 Å². The third kappa shape index (κ3) is 2.75. The van der Waals surface area contributed by atoms with E-state index < -0.39 is 11.9 Å². The van der Waals surface area contributed by atoms with E-state index in [9.17, 15) is 9.59 Å². The number of morpholine rings is 1. The van der Waals surface area contributed by atoms with E-state index in [2.05, 4.69) is 4.74 Å². The third-order valence-corrected chi connectivity index (χ3v) is 2.38. The molecule has 1 aliphatic rings.